The van der Waals surface area contributed by atoms with E-state index in [2.05, 4.69) is 10.2 Å². The molecule has 0 aliphatic carbocycles. The molecule has 2 heterocycles. The Bertz CT molecular complexity index is 553. The number of hydrogen-bond donors (Lipinski definition) is 0. The molecule has 0 saturated carbocycles. The molecule has 0 fully saturated rings. The first kappa shape index (κ1) is 15.4. The van der Waals surface area contributed by atoms with Crippen LogP contribution in [0.1, 0.15) is 51.7 Å². The van der Waals surface area contributed by atoms with Crippen molar-refractivity contribution in [1.29, 1.82) is 0 Å². The lowest BCUT2D eigenvalue weighted by molar-refractivity contribution is 0.0808. The van der Waals surface area contributed by atoms with Crippen LogP contribution in [0.15, 0.2) is 0 Å². The van der Waals surface area contributed by atoms with Gasteiger partial charge >= 0.3 is 0 Å². The van der Waals surface area contributed by atoms with Gasteiger partial charge in [0.15, 0.2) is 15.7 Å². The molecule has 0 amide bonds. The fourth-order valence-electron chi connectivity index (χ4n) is 2.90. The molecule has 0 aromatic carbocycles. The maximum absolute atomic E-state index is 12.8. The molecule has 20 heavy (non-hydrogen) atoms. The minimum Gasteiger partial charge on any atom is -0.372 e. The van der Waals surface area contributed by atoms with Crippen molar-refractivity contribution >= 4 is 9.84 Å². The van der Waals surface area contributed by atoms with Crippen molar-refractivity contribution in [1.82, 2.24) is 14.8 Å². The van der Waals surface area contributed by atoms with Crippen molar-refractivity contribution in [3.63, 3.8) is 0 Å². The topological polar surface area (TPSA) is 74.1 Å². The molecule has 0 bridgehead atoms. The monoisotopic (exact) mass is 301 g/mol. The number of rotatable bonds is 6. The van der Waals surface area contributed by atoms with Crippen molar-refractivity contribution in [3.8, 4) is 0 Å². The van der Waals surface area contributed by atoms with Crippen molar-refractivity contribution in [3.05, 3.63) is 11.6 Å². The molecule has 0 spiro atoms. The summed E-state index contributed by atoms with van der Waals surface area (Å²) in [6, 6.07) is 0. The first-order valence-corrected chi connectivity index (χ1v) is 8.86. The third-order valence-corrected chi connectivity index (χ3v) is 7.33. The van der Waals surface area contributed by atoms with Crippen molar-refractivity contribution < 1.29 is 13.2 Å². The Morgan fingerprint density at radius 2 is 1.85 bits per heavy atom. The van der Waals surface area contributed by atoms with Crippen LogP contribution in [0.2, 0.25) is 0 Å². The Balaban J connectivity index is 2.31. The predicted molar refractivity (Wildman–Crippen MR) is 75.9 cm³/mol. The lowest BCUT2D eigenvalue weighted by Gasteiger charge is -2.30. The predicted octanol–water partition coefficient (Wildman–Crippen LogP) is 1.69. The average Bonchev–Trinajstić information content (AvgIpc) is 2.84. The quantitative estimate of drug-likeness (QED) is 0.799. The van der Waals surface area contributed by atoms with Gasteiger partial charge in [-0.05, 0) is 19.3 Å². The van der Waals surface area contributed by atoms with E-state index in [4.69, 9.17) is 4.74 Å². The van der Waals surface area contributed by atoms with Crippen LogP contribution in [-0.2, 0) is 33.5 Å². The minimum absolute atomic E-state index is 0.0322. The second kappa shape index (κ2) is 5.81. The summed E-state index contributed by atoms with van der Waals surface area (Å²) < 4.78 is 32.1. The van der Waals surface area contributed by atoms with Gasteiger partial charge in [0.1, 0.15) is 18.2 Å². The van der Waals surface area contributed by atoms with Gasteiger partial charge in [0.25, 0.3) is 0 Å². The van der Waals surface area contributed by atoms with Crippen LogP contribution < -0.4 is 0 Å². The summed E-state index contributed by atoms with van der Waals surface area (Å²) in [5.74, 6) is 1.23. The van der Waals surface area contributed by atoms with E-state index in [0.717, 1.165) is 5.82 Å². The molecule has 2 rings (SSSR count). The van der Waals surface area contributed by atoms with E-state index >= 15 is 0 Å². The van der Waals surface area contributed by atoms with Gasteiger partial charge in [0, 0.05) is 6.54 Å². The highest BCUT2D eigenvalue weighted by molar-refractivity contribution is 7.92. The maximum atomic E-state index is 12.8. The largest absolute Gasteiger partial charge is 0.372 e. The lowest BCUT2D eigenvalue weighted by Crippen LogP contribution is -2.38. The van der Waals surface area contributed by atoms with Gasteiger partial charge in [-0.2, -0.15) is 0 Å². The first-order valence-electron chi connectivity index (χ1n) is 7.20. The smallest absolute Gasteiger partial charge is 0.163 e. The summed E-state index contributed by atoms with van der Waals surface area (Å²) >= 11 is 0. The molecule has 0 atom stereocenters. The molecule has 114 valence electrons. The Morgan fingerprint density at radius 3 is 2.45 bits per heavy atom. The molecule has 1 aromatic rings. The molecule has 0 unspecified atom stereocenters. The summed E-state index contributed by atoms with van der Waals surface area (Å²) in [5.41, 5.74) is 0. The average molecular weight is 301 g/mol. The maximum Gasteiger partial charge on any atom is 0.163 e. The van der Waals surface area contributed by atoms with Gasteiger partial charge in [-0.25, -0.2) is 8.42 Å². The number of ether oxygens (including phenoxy) is 1. The third kappa shape index (κ3) is 2.48. The van der Waals surface area contributed by atoms with E-state index in [9.17, 15) is 8.42 Å². The van der Waals surface area contributed by atoms with Gasteiger partial charge < -0.3 is 9.30 Å². The van der Waals surface area contributed by atoms with Crippen molar-refractivity contribution in [2.75, 3.05) is 6.61 Å². The number of aromatic nitrogens is 3. The number of nitrogens with zero attached hydrogens (tertiary/aromatic N) is 3. The van der Waals surface area contributed by atoms with Crippen LogP contribution in [-0.4, -0.2) is 34.5 Å². The molecule has 0 N–H and O–H groups in total. The molecule has 7 heteroatoms. The van der Waals surface area contributed by atoms with Crippen LogP contribution in [0.5, 0.6) is 0 Å². The SMILES string of the molecule is CCC(CC)(CC)S(=O)(=O)Cc1nnc2n1CCOC2. The second-order valence-corrected chi connectivity index (χ2v) is 7.62. The van der Waals surface area contributed by atoms with Crippen LogP contribution >= 0.6 is 0 Å². The zero-order chi connectivity index (χ0) is 14.8. The fourth-order valence-corrected chi connectivity index (χ4v) is 5.08. The fraction of sp³-hybridized carbons (Fsp3) is 0.846. The zero-order valence-electron chi connectivity index (χ0n) is 12.4. The van der Waals surface area contributed by atoms with E-state index in [1.165, 1.54) is 0 Å². The van der Waals surface area contributed by atoms with Gasteiger partial charge in [0.2, 0.25) is 0 Å². The molecule has 0 saturated heterocycles. The van der Waals surface area contributed by atoms with Crippen LogP contribution in [0, 0.1) is 0 Å². The van der Waals surface area contributed by atoms with Crippen molar-refractivity contribution in [2.24, 2.45) is 0 Å². The van der Waals surface area contributed by atoms with E-state index in [0.29, 0.717) is 44.8 Å². The Labute approximate surface area is 120 Å². The van der Waals surface area contributed by atoms with E-state index < -0.39 is 14.6 Å². The summed E-state index contributed by atoms with van der Waals surface area (Å²) in [5, 5.41) is 8.08. The van der Waals surface area contributed by atoms with Gasteiger partial charge in [-0.1, -0.05) is 20.8 Å². The van der Waals surface area contributed by atoms with Gasteiger partial charge in [-0.3, -0.25) is 0 Å². The molecular weight excluding hydrogens is 278 g/mol. The van der Waals surface area contributed by atoms with Crippen LogP contribution in [0.25, 0.3) is 0 Å². The molecule has 1 aromatic heterocycles. The molecular formula is C13H23N3O3S. The number of hydrogen-bond acceptors (Lipinski definition) is 5. The van der Waals surface area contributed by atoms with Gasteiger partial charge in [0.05, 0.1) is 11.4 Å². The Kier molecular flexibility index (Phi) is 4.49. The highest BCUT2D eigenvalue weighted by Crippen LogP contribution is 2.32. The Hall–Kier alpha value is -0.950. The highest BCUT2D eigenvalue weighted by atomic mass is 32.2. The van der Waals surface area contributed by atoms with Gasteiger partial charge in [-0.15, -0.1) is 10.2 Å². The van der Waals surface area contributed by atoms with Crippen molar-refractivity contribution in [2.45, 2.75) is 63.7 Å². The Morgan fingerprint density at radius 1 is 1.20 bits per heavy atom. The molecule has 6 nitrogen and oxygen atoms in total. The van der Waals surface area contributed by atoms with Crippen LogP contribution in [0.3, 0.4) is 0 Å². The number of fused-ring (bicyclic) bond motifs is 1. The summed E-state index contributed by atoms with van der Waals surface area (Å²) in [6.07, 6.45) is 1.89. The second-order valence-electron chi connectivity index (χ2n) is 5.24. The molecule has 0 radical (unpaired) electrons. The zero-order valence-corrected chi connectivity index (χ0v) is 13.2. The van der Waals surface area contributed by atoms with E-state index in [1.54, 1.807) is 0 Å². The summed E-state index contributed by atoms with van der Waals surface area (Å²) in [4.78, 5) is 0. The number of sulfone groups is 1. The highest BCUT2D eigenvalue weighted by Gasteiger charge is 2.40. The van der Waals surface area contributed by atoms with E-state index in [1.807, 2.05) is 25.3 Å². The first-order chi connectivity index (χ1) is 9.49. The standard InChI is InChI=1S/C13H23N3O3S/c1-4-13(5-2,6-3)20(17,18)10-12-15-14-11-9-19-8-7-16(11)12/h4-10H2,1-3H3. The normalized spacial score (nSPS) is 16.1. The minimum atomic E-state index is -3.25. The summed E-state index contributed by atoms with van der Waals surface area (Å²) in [7, 11) is -3.25. The summed E-state index contributed by atoms with van der Waals surface area (Å²) in [6.45, 7) is 7.45. The lowest BCUT2D eigenvalue weighted by atomic mass is 9.99. The molecule has 1 aliphatic heterocycles. The van der Waals surface area contributed by atoms with E-state index in [-0.39, 0.29) is 5.75 Å². The third-order valence-electron chi connectivity index (χ3n) is 4.51. The molecule has 1 aliphatic rings. The van der Waals surface area contributed by atoms with Crippen LogP contribution in [0.4, 0.5) is 0 Å².